The number of hydrogen-bond acceptors (Lipinski definition) is 2. The van der Waals surface area contributed by atoms with E-state index in [9.17, 15) is 0 Å². The molecule has 3 N–H and O–H groups in total. The third-order valence-electron chi connectivity index (χ3n) is 3.58. The first-order valence-electron chi connectivity index (χ1n) is 6.20. The predicted octanol–water partition coefficient (Wildman–Crippen LogP) is 3.15. The SMILES string of the molecule is C=C(CC)CC(NN)C(C)(C)c1ccccc1. The van der Waals surface area contributed by atoms with Gasteiger partial charge in [0, 0.05) is 11.5 Å². The number of benzene rings is 1. The van der Waals surface area contributed by atoms with Crippen molar-refractivity contribution in [1.82, 2.24) is 5.43 Å². The summed E-state index contributed by atoms with van der Waals surface area (Å²) in [5, 5.41) is 0. The summed E-state index contributed by atoms with van der Waals surface area (Å²) in [4.78, 5) is 0. The van der Waals surface area contributed by atoms with Crippen molar-refractivity contribution in [3.63, 3.8) is 0 Å². The molecule has 2 nitrogen and oxygen atoms in total. The van der Waals surface area contributed by atoms with Crippen molar-refractivity contribution in [3.8, 4) is 0 Å². The molecule has 1 aromatic carbocycles. The fourth-order valence-corrected chi connectivity index (χ4v) is 2.02. The second-order valence-corrected chi connectivity index (χ2v) is 5.11. The molecule has 0 aromatic heterocycles. The molecule has 0 fully saturated rings. The van der Waals surface area contributed by atoms with Gasteiger partial charge in [0.1, 0.15) is 0 Å². The third-order valence-corrected chi connectivity index (χ3v) is 3.58. The standard InChI is InChI=1S/C15H24N2/c1-5-12(2)11-14(17-16)15(3,4)13-9-7-6-8-10-13/h6-10,14,17H,2,5,11,16H2,1,3-4H3. The van der Waals surface area contributed by atoms with Gasteiger partial charge in [-0.15, -0.1) is 0 Å². The van der Waals surface area contributed by atoms with E-state index >= 15 is 0 Å². The van der Waals surface area contributed by atoms with Crippen LogP contribution >= 0.6 is 0 Å². The molecule has 17 heavy (non-hydrogen) atoms. The Bertz CT molecular complexity index is 354. The molecule has 0 radical (unpaired) electrons. The van der Waals surface area contributed by atoms with E-state index in [-0.39, 0.29) is 11.5 Å². The average Bonchev–Trinajstić information content (AvgIpc) is 2.36. The van der Waals surface area contributed by atoms with Crippen LogP contribution in [0.5, 0.6) is 0 Å². The molecule has 0 aliphatic carbocycles. The molecule has 0 saturated heterocycles. The fraction of sp³-hybridized carbons (Fsp3) is 0.467. The molecule has 0 aliphatic heterocycles. The van der Waals surface area contributed by atoms with Crippen molar-refractivity contribution in [2.45, 2.75) is 45.1 Å². The van der Waals surface area contributed by atoms with Gasteiger partial charge in [0.05, 0.1) is 0 Å². The Morgan fingerprint density at radius 1 is 1.35 bits per heavy atom. The first-order chi connectivity index (χ1) is 8.02. The molecule has 0 aliphatic rings. The Labute approximate surface area is 105 Å². The summed E-state index contributed by atoms with van der Waals surface area (Å²) in [6.45, 7) is 10.6. The second kappa shape index (κ2) is 5.99. The average molecular weight is 232 g/mol. The van der Waals surface area contributed by atoms with E-state index in [1.54, 1.807) is 0 Å². The van der Waals surface area contributed by atoms with Crippen molar-refractivity contribution < 1.29 is 0 Å². The Morgan fingerprint density at radius 3 is 2.41 bits per heavy atom. The van der Waals surface area contributed by atoms with Gasteiger partial charge < -0.3 is 0 Å². The fourth-order valence-electron chi connectivity index (χ4n) is 2.02. The lowest BCUT2D eigenvalue weighted by Crippen LogP contribution is -2.48. The van der Waals surface area contributed by atoms with Gasteiger partial charge in [0.25, 0.3) is 0 Å². The maximum atomic E-state index is 5.71. The highest BCUT2D eigenvalue weighted by Gasteiger charge is 2.30. The number of nitrogens with one attached hydrogen (secondary N) is 1. The summed E-state index contributed by atoms with van der Waals surface area (Å²) >= 11 is 0. The van der Waals surface area contributed by atoms with E-state index in [1.807, 2.05) is 6.07 Å². The van der Waals surface area contributed by atoms with Crippen LogP contribution in [0.2, 0.25) is 0 Å². The highest BCUT2D eigenvalue weighted by Crippen LogP contribution is 2.30. The molecule has 1 unspecified atom stereocenters. The van der Waals surface area contributed by atoms with Crippen LogP contribution in [0.15, 0.2) is 42.5 Å². The maximum absolute atomic E-state index is 5.71. The molecule has 0 spiro atoms. The second-order valence-electron chi connectivity index (χ2n) is 5.11. The van der Waals surface area contributed by atoms with Gasteiger partial charge in [0.15, 0.2) is 0 Å². The van der Waals surface area contributed by atoms with E-state index in [2.05, 4.69) is 57.0 Å². The molecule has 94 valence electrons. The summed E-state index contributed by atoms with van der Waals surface area (Å²) in [5.41, 5.74) is 5.47. The molecule has 0 heterocycles. The molecular formula is C15H24N2. The topological polar surface area (TPSA) is 38.0 Å². The Morgan fingerprint density at radius 2 is 1.94 bits per heavy atom. The van der Waals surface area contributed by atoms with E-state index in [1.165, 1.54) is 11.1 Å². The molecule has 1 rings (SSSR count). The molecule has 0 amide bonds. The van der Waals surface area contributed by atoms with Crippen molar-refractivity contribution >= 4 is 0 Å². The number of rotatable bonds is 6. The van der Waals surface area contributed by atoms with Crippen molar-refractivity contribution in [2.24, 2.45) is 5.84 Å². The quantitative estimate of drug-likeness (QED) is 0.449. The van der Waals surface area contributed by atoms with Crippen molar-refractivity contribution in [3.05, 3.63) is 48.0 Å². The summed E-state index contributed by atoms with van der Waals surface area (Å²) in [7, 11) is 0. The molecule has 1 aromatic rings. The van der Waals surface area contributed by atoms with Crippen LogP contribution in [-0.2, 0) is 5.41 Å². The van der Waals surface area contributed by atoms with Gasteiger partial charge in [-0.05, 0) is 18.4 Å². The minimum Gasteiger partial charge on any atom is -0.271 e. The van der Waals surface area contributed by atoms with Crippen LogP contribution in [-0.4, -0.2) is 6.04 Å². The van der Waals surface area contributed by atoms with Gasteiger partial charge in [-0.3, -0.25) is 11.3 Å². The summed E-state index contributed by atoms with van der Waals surface area (Å²) in [6, 6.07) is 10.7. The normalized spacial score (nSPS) is 13.4. The molecule has 0 saturated carbocycles. The van der Waals surface area contributed by atoms with Crippen LogP contribution in [0.25, 0.3) is 0 Å². The zero-order valence-corrected chi connectivity index (χ0v) is 11.2. The smallest absolute Gasteiger partial charge is 0.0339 e. The molecule has 2 heteroatoms. The van der Waals surface area contributed by atoms with Gasteiger partial charge in [0.2, 0.25) is 0 Å². The zero-order chi connectivity index (χ0) is 12.9. The minimum atomic E-state index is -0.00583. The first-order valence-corrected chi connectivity index (χ1v) is 6.20. The van der Waals surface area contributed by atoms with Gasteiger partial charge in [-0.1, -0.05) is 63.3 Å². The van der Waals surface area contributed by atoms with Gasteiger partial charge in [-0.2, -0.15) is 0 Å². The highest BCUT2D eigenvalue weighted by atomic mass is 15.2. The Balaban J connectivity index is 2.90. The number of hydrazine groups is 1. The van der Waals surface area contributed by atoms with Crippen molar-refractivity contribution in [1.29, 1.82) is 0 Å². The highest BCUT2D eigenvalue weighted by molar-refractivity contribution is 5.26. The van der Waals surface area contributed by atoms with E-state index in [0.29, 0.717) is 0 Å². The molecule has 0 bridgehead atoms. The Hall–Kier alpha value is -1.12. The lowest BCUT2D eigenvalue weighted by molar-refractivity contribution is 0.339. The van der Waals surface area contributed by atoms with Crippen LogP contribution in [0.1, 0.15) is 39.2 Å². The zero-order valence-electron chi connectivity index (χ0n) is 11.2. The van der Waals surface area contributed by atoms with Crippen LogP contribution in [0.4, 0.5) is 0 Å². The number of nitrogens with two attached hydrogens (primary N) is 1. The largest absolute Gasteiger partial charge is 0.271 e. The lowest BCUT2D eigenvalue weighted by Gasteiger charge is -2.35. The molecule has 1 atom stereocenters. The first kappa shape index (κ1) is 13.9. The van der Waals surface area contributed by atoms with Crippen LogP contribution in [0, 0.1) is 0 Å². The van der Waals surface area contributed by atoms with Gasteiger partial charge >= 0.3 is 0 Å². The third kappa shape index (κ3) is 3.42. The maximum Gasteiger partial charge on any atom is 0.0339 e. The van der Waals surface area contributed by atoms with Crippen LogP contribution in [0.3, 0.4) is 0 Å². The summed E-state index contributed by atoms with van der Waals surface area (Å²) < 4.78 is 0. The predicted molar refractivity (Wildman–Crippen MR) is 74.6 cm³/mol. The monoisotopic (exact) mass is 232 g/mol. The summed E-state index contributed by atoms with van der Waals surface area (Å²) in [6.07, 6.45) is 1.91. The van der Waals surface area contributed by atoms with E-state index in [4.69, 9.17) is 5.84 Å². The van der Waals surface area contributed by atoms with E-state index in [0.717, 1.165) is 12.8 Å². The Kier molecular flexibility index (Phi) is 4.91. The minimum absolute atomic E-state index is 0.00583. The molecular weight excluding hydrogens is 208 g/mol. The van der Waals surface area contributed by atoms with Crippen LogP contribution < -0.4 is 11.3 Å². The lowest BCUT2D eigenvalue weighted by atomic mass is 9.75. The summed E-state index contributed by atoms with van der Waals surface area (Å²) in [5.74, 6) is 5.71. The number of hydrogen-bond donors (Lipinski definition) is 2. The van der Waals surface area contributed by atoms with Crippen molar-refractivity contribution in [2.75, 3.05) is 0 Å². The van der Waals surface area contributed by atoms with Gasteiger partial charge in [-0.25, -0.2) is 0 Å². The van der Waals surface area contributed by atoms with E-state index < -0.39 is 0 Å².